The van der Waals surface area contributed by atoms with Crippen molar-refractivity contribution in [1.82, 2.24) is 5.32 Å². The van der Waals surface area contributed by atoms with Crippen molar-refractivity contribution in [3.63, 3.8) is 0 Å². The van der Waals surface area contributed by atoms with E-state index in [0.29, 0.717) is 13.2 Å². The van der Waals surface area contributed by atoms with Crippen molar-refractivity contribution in [2.24, 2.45) is 0 Å². The van der Waals surface area contributed by atoms with E-state index in [2.05, 4.69) is 5.32 Å². The molecular weight excluding hydrogens is 270 g/mol. The first-order valence-corrected chi connectivity index (χ1v) is 5.94. The van der Waals surface area contributed by atoms with Crippen LogP contribution in [-0.4, -0.2) is 38.6 Å². The van der Waals surface area contributed by atoms with Crippen LogP contribution in [0.2, 0.25) is 0 Å². The molecule has 1 aromatic carbocycles. The summed E-state index contributed by atoms with van der Waals surface area (Å²) >= 11 is 0. The molecule has 5 nitrogen and oxygen atoms in total. The Hall–Kier alpha value is -2.02. The number of anilines is 1. The number of hydrogen-bond acceptors (Lipinski definition) is 3. The van der Waals surface area contributed by atoms with Gasteiger partial charge in [0.15, 0.2) is 11.6 Å². The van der Waals surface area contributed by atoms with Crippen LogP contribution in [0.5, 0.6) is 0 Å². The fraction of sp³-hybridized carbons (Fsp3) is 0.385. The van der Waals surface area contributed by atoms with Crippen molar-refractivity contribution in [3.05, 3.63) is 29.8 Å². The van der Waals surface area contributed by atoms with Crippen molar-refractivity contribution in [1.29, 1.82) is 0 Å². The summed E-state index contributed by atoms with van der Waals surface area (Å²) in [6.45, 7) is 1.61. The molecular formula is C13H16F2N2O3. The number of ether oxygens (including phenoxy) is 1. The quantitative estimate of drug-likeness (QED) is 0.796. The first kappa shape index (κ1) is 16.0. The summed E-state index contributed by atoms with van der Waals surface area (Å²) < 4.78 is 30.8. The highest BCUT2D eigenvalue weighted by molar-refractivity contribution is 5.97. The number of hydrogen-bond donors (Lipinski definition) is 1. The molecule has 0 saturated carbocycles. The number of rotatable bonds is 6. The second-order valence-corrected chi connectivity index (χ2v) is 4.05. The van der Waals surface area contributed by atoms with E-state index in [4.69, 9.17) is 4.74 Å². The predicted octanol–water partition coefficient (Wildman–Crippen LogP) is 1.08. The molecule has 0 heterocycles. The zero-order chi connectivity index (χ0) is 15.1. The van der Waals surface area contributed by atoms with Gasteiger partial charge in [0.2, 0.25) is 11.8 Å². The first-order valence-electron chi connectivity index (χ1n) is 5.94. The number of amides is 2. The van der Waals surface area contributed by atoms with Crippen molar-refractivity contribution in [3.8, 4) is 0 Å². The van der Waals surface area contributed by atoms with Gasteiger partial charge in [0.1, 0.15) is 6.54 Å². The third-order valence-corrected chi connectivity index (χ3v) is 2.53. The summed E-state index contributed by atoms with van der Waals surface area (Å²) in [6, 6.07) is 3.02. The van der Waals surface area contributed by atoms with E-state index in [-0.39, 0.29) is 12.2 Å². The van der Waals surface area contributed by atoms with Gasteiger partial charge in [0.05, 0.1) is 6.61 Å². The van der Waals surface area contributed by atoms with Crippen LogP contribution in [-0.2, 0) is 14.3 Å². The Morgan fingerprint density at radius 2 is 2.00 bits per heavy atom. The molecule has 0 radical (unpaired) electrons. The van der Waals surface area contributed by atoms with Crippen molar-refractivity contribution in [2.45, 2.75) is 6.92 Å². The van der Waals surface area contributed by atoms with E-state index in [1.54, 1.807) is 0 Å². The topological polar surface area (TPSA) is 58.6 Å². The molecule has 0 aliphatic heterocycles. The molecule has 0 aromatic heterocycles. The molecule has 0 aliphatic carbocycles. The highest BCUT2D eigenvalue weighted by atomic mass is 19.2. The number of benzene rings is 1. The van der Waals surface area contributed by atoms with E-state index < -0.39 is 23.4 Å². The average molecular weight is 286 g/mol. The zero-order valence-electron chi connectivity index (χ0n) is 11.3. The van der Waals surface area contributed by atoms with Gasteiger partial charge in [0.25, 0.3) is 0 Å². The number of halogens is 2. The largest absolute Gasteiger partial charge is 0.383 e. The Labute approximate surface area is 115 Å². The Balaban J connectivity index is 2.76. The Morgan fingerprint density at radius 1 is 1.30 bits per heavy atom. The van der Waals surface area contributed by atoms with Gasteiger partial charge in [-0.05, 0) is 12.1 Å². The number of nitrogens with zero attached hydrogens (tertiary/aromatic N) is 1. The first-order chi connectivity index (χ1) is 9.45. The van der Waals surface area contributed by atoms with Crippen molar-refractivity contribution in [2.75, 3.05) is 31.7 Å². The van der Waals surface area contributed by atoms with Crippen LogP contribution in [0.25, 0.3) is 0 Å². The molecule has 110 valence electrons. The molecule has 0 bridgehead atoms. The molecule has 0 spiro atoms. The summed E-state index contributed by atoms with van der Waals surface area (Å²) in [5, 5.41) is 2.54. The Kier molecular flexibility index (Phi) is 6.05. The van der Waals surface area contributed by atoms with Crippen LogP contribution in [0.1, 0.15) is 6.92 Å². The van der Waals surface area contributed by atoms with Crippen molar-refractivity contribution < 1.29 is 23.1 Å². The van der Waals surface area contributed by atoms with Gasteiger partial charge < -0.3 is 15.0 Å². The smallest absolute Gasteiger partial charge is 0.240 e. The van der Waals surface area contributed by atoms with Crippen LogP contribution in [0.4, 0.5) is 14.5 Å². The SMILES string of the molecule is COCCNC(=O)CN(C(C)=O)c1ccc(F)c(F)c1. The van der Waals surface area contributed by atoms with Gasteiger partial charge in [-0.3, -0.25) is 9.59 Å². The molecule has 0 fully saturated rings. The maximum Gasteiger partial charge on any atom is 0.240 e. The van der Waals surface area contributed by atoms with Gasteiger partial charge in [-0.2, -0.15) is 0 Å². The number of nitrogens with one attached hydrogen (secondary N) is 1. The highest BCUT2D eigenvalue weighted by Crippen LogP contribution is 2.17. The lowest BCUT2D eigenvalue weighted by Crippen LogP contribution is -2.40. The molecule has 1 aromatic rings. The molecule has 0 aliphatic rings. The fourth-order valence-corrected chi connectivity index (χ4v) is 1.53. The molecule has 0 saturated heterocycles. The fourth-order valence-electron chi connectivity index (χ4n) is 1.53. The summed E-state index contributed by atoms with van der Waals surface area (Å²) in [4.78, 5) is 24.2. The summed E-state index contributed by atoms with van der Waals surface area (Å²) in [5.74, 6) is -2.95. The normalized spacial score (nSPS) is 10.2. The molecule has 7 heteroatoms. The monoisotopic (exact) mass is 286 g/mol. The van der Waals surface area contributed by atoms with Gasteiger partial charge in [0, 0.05) is 32.3 Å². The Bertz CT molecular complexity index is 495. The lowest BCUT2D eigenvalue weighted by molar-refractivity contribution is -0.123. The van der Waals surface area contributed by atoms with Crippen LogP contribution in [0.3, 0.4) is 0 Å². The molecule has 1 N–H and O–H groups in total. The molecule has 2 amide bonds. The molecule has 0 atom stereocenters. The standard InChI is InChI=1S/C13H16F2N2O3/c1-9(18)17(8-13(19)16-5-6-20-2)10-3-4-11(14)12(15)7-10/h3-4,7H,5-6,8H2,1-2H3,(H,16,19). The lowest BCUT2D eigenvalue weighted by atomic mass is 10.2. The summed E-state index contributed by atoms with van der Waals surface area (Å²) in [6.07, 6.45) is 0. The van der Waals surface area contributed by atoms with Gasteiger partial charge in [-0.25, -0.2) is 8.78 Å². The minimum Gasteiger partial charge on any atom is -0.383 e. The van der Waals surface area contributed by atoms with Crippen LogP contribution in [0.15, 0.2) is 18.2 Å². The van der Waals surface area contributed by atoms with Crippen LogP contribution in [0, 0.1) is 11.6 Å². The highest BCUT2D eigenvalue weighted by Gasteiger charge is 2.17. The second-order valence-electron chi connectivity index (χ2n) is 4.05. The van der Waals surface area contributed by atoms with E-state index in [1.165, 1.54) is 20.1 Å². The zero-order valence-corrected chi connectivity index (χ0v) is 11.3. The summed E-state index contributed by atoms with van der Waals surface area (Å²) in [7, 11) is 1.50. The minimum atomic E-state index is -1.08. The lowest BCUT2D eigenvalue weighted by Gasteiger charge is -2.20. The third-order valence-electron chi connectivity index (χ3n) is 2.53. The van der Waals surface area contributed by atoms with E-state index in [9.17, 15) is 18.4 Å². The van der Waals surface area contributed by atoms with Crippen LogP contribution >= 0.6 is 0 Å². The third kappa shape index (κ3) is 4.58. The van der Waals surface area contributed by atoms with E-state index in [1.807, 2.05) is 0 Å². The van der Waals surface area contributed by atoms with E-state index in [0.717, 1.165) is 17.0 Å². The summed E-state index contributed by atoms with van der Waals surface area (Å²) in [5.41, 5.74) is 0.123. The van der Waals surface area contributed by atoms with Crippen molar-refractivity contribution >= 4 is 17.5 Å². The number of carbonyl (C=O) groups excluding carboxylic acids is 2. The Morgan fingerprint density at radius 3 is 2.55 bits per heavy atom. The maximum atomic E-state index is 13.2. The average Bonchev–Trinajstić information content (AvgIpc) is 2.39. The van der Waals surface area contributed by atoms with E-state index >= 15 is 0 Å². The van der Waals surface area contributed by atoms with Gasteiger partial charge in [-0.15, -0.1) is 0 Å². The second kappa shape index (κ2) is 7.54. The van der Waals surface area contributed by atoms with Gasteiger partial charge in [-0.1, -0.05) is 0 Å². The maximum absolute atomic E-state index is 13.2. The minimum absolute atomic E-state index is 0.123. The molecule has 20 heavy (non-hydrogen) atoms. The van der Waals surface area contributed by atoms with Crippen LogP contribution < -0.4 is 10.2 Å². The number of methoxy groups -OCH3 is 1. The number of carbonyl (C=O) groups is 2. The molecule has 0 unspecified atom stereocenters. The predicted molar refractivity (Wildman–Crippen MR) is 69.3 cm³/mol. The molecule has 1 rings (SSSR count). The van der Waals surface area contributed by atoms with Gasteiger partial charge >= 0.3 is 0 Å².